The van der Waals surface area contributed by atoms with E-state index in [9.17, 15) is 34.8 Å². The third kappa shape index (κ3) is 6.20. The van der Waals surface area contributed by atoms with Crippen LogP contribution in [-0.2, 0) is 34.3 Å². The van der Waals surface area contributed by atoms with E-state index in [1.54, 1.807) is 43.3 Å². The third-order valence-electron chi connectivity index (χ3n) is 6.48. The minimum Gasteiger partial charge on any atom is -0.259 e. The SMILES string of the molecule is Cc1ccc(C(Cc2ccccc2)(NS(=O)(=O)c2ccc(C)c(C(F)(F)F)c2)c2cccc(C(F)(F)F)c2)nc1. The van der Waals surface area contributed by atoms with Crippen molar-refractivity contribution >= 4 is 10.0 Å². The van der Waals surface area contributed by atoms with Gasteiger partial charge in [-0.2, -0.15) is 31.1 Å². The first kappa shape index (κ1) is 29.3. The highest BCUT2D eigenvalue weighted by atomic mass is 32.2. The van der Waals surface area contributed by atoms with Crippen molar-refractivity contribution in [2.24, 2.45) is 0 Å². The van der Waals surface area contributed by atoms with Gasteiger partial charge in [0.1, 0.15) is 5.54 Å². The van der Waals surface area contributed by atoms with E-state index < -0.39 is 43.9 Å². The van der Waals surface area contributed by atoms with Gasteiger partial charge in [-0.25, -0.2) is 8.42 Å². The molecule has 3 aromatic carbocycles. The number of alkyl halides is 6. The van der Waals surface area contributed by atoms with E-state index in [0.717, 1.165) is 30.3 Å². The Morgan fingerprint density at radius 1 is 0.750 bits per heavy atom. The van der Waals surface area contributed by atoms with Crippen molar-refractivity contribution in [2.75, 3.05) is 0 Å². The normalized spacial score (nSPS) is 14.1. The second-order valence-corrected chi connectivity index (χ2v) is 11.1. The van der Waals surface area contributed by atoms with Crippen LogP contribution < -0.4 is 4.72 Å². The summed E-state index contributed by atoms with van der Waals surface area (Å²) in [5.74, 6) is 0. The number of benzene rings is 3. The second kappa shape index (κ2) is 10.7. The lowest BCUT2D eigenvalue weighted by Gasteiger charge is -2.35. The van der Waals surface area contributed by atoms with E-state index in [4.69, 9.17) is 0 Å². The van der Waals surface area contributed by atoms with E-state index in [1.165, 1.54) is 25.3 Å². The standard InChI is InChI=1S/C29H24F6N2O2S/c1-19-11-14-26(36-18-19)27(17-21-7-4-3-5-8-21,22-9-6-10-23(15-22)28(30,31)32)37-40(38,39)24-13-12-20(2)25(16-24)29(33,34)35/h3-16,18,37H,17H2,1-2H3. The van der Waals surface area contributed by atoms with Gasteiger partial charge in [0, 0.05) is 12.6 Å². The van der Waals surface area contributed by atoms with Gasteiger partial charge in [0.05, 0.1) is 21.7 Å². The maximum absolute atomic E-state index is 13.8. The molecule has 0 bridgehead atoms. The topological polar surface area (TPSA) is 59.1 Å². The molecule has 1 heterocycles. The molecule has 0 saturated carbocycles. The first-order valence-electron chi connectivity index (χ1n) is 12.0. The fourth-order valence-corrected chi connectivity index (χ4v) is 5.82. The zero-order valence-electron chi connectivity index (χ0n) is 21.3. The first-order chi connectivity index (χ1) is 18.6. The van der Waals surface area contributed by atoms with Crippen LogP contribution in [-0.4, -0.2) is 13.4 Å². The van der Waals surface area contributed by atoms with Crippen LogP contribution in [0.4, 0.5) is 26.3 Å². The fourth-order valence-electron chi connectivity index (χ4n) is 4.43. The number of nitrogens with zero attached hydrogens (tertiary/aromatic N) is 1. The van der Waals surface area contributed by atoms with Gasteiger partial charge in [0.15, 0.2) is 0 Å². The average Bonchev–Trinajstić information content (AvgIpc) is 2.88. The van der Waals surface area contributed by atoms with Crippen molar-refractivity contribution in [3.63, 3.8) is 0 Å². The van der Waals surface area contributed by atoms with Crippen LogP contribution in [0.2, 0.25) is 0 Å². The zero-order valence-corrected chi connectivity index (χ0v) is 22.1. The molecule has 1 unspecified atom stereocenters. The van der Waals surface area contributed by atoms with Gasteiger partial charge in [0.25, 0.3) is 0 Å². The van der Waals surface area contributed by atoms with Crippen molar-refractivity contribution < 1.29 is 34.8 Å². The summed E-state index contributed by atoms with van der Waals surface area (Å²) >= 11 is 0. The van der Waals surface area contributed by atoms with Gasteiger partial charge in [0.2, 0.25) is 10.0 Å². The number of pyridine rings is 1. The van der Waals surface area contributed by atoms with Gasteiger partial charge in [-0.3, -0.25) is 4.98 Å². The lowest BCUT2D eigenvalue weighted by Crippen LogP contribution is -2.49. The van der Waals surface area contributed by atoms with Crippen LogP contribution in [0.15, 0.2) is 96.0 Å². The monoisotopic (exact) mass is 578 g/mol. The highest BCUT2D eigenvalue weighted by molar-refractivity contribution is 7.89. The number of hydrogen-bond acceptors (Lipinski definition) is 3. The predicted octanol–water partition coefficient (Wildman–Crippen LogP) is 7.20. The summed E-state index contributed by atoms with van der Waals surface area (Å²) in [6.07, 6.45) is -8.32. The molecule has 1 aromatic heterocycles. The number of aryl methyl sites for hydroxylation is 2. The average molecular weight is 579 g/mol. The Morgan fingerprint density at radius 3 is 2.02 bits per heavy atom. The van der Waals surface area contributed by atoms with Crippen molar-refractivity contribution in [3.05, 3.63) is 130 Å². The number of halogens is 6. The Bertz CT molecular complexity index is 1600. The number of hydrogen-bond donors (Lipinski definition) is 1. The molecule has 4 aromatic rings. The van der Waals surface area contributed by atoms with Gasteiger partial charge >= 0.3 is 12.4 Å². The van der Waals surface area contributed by atoms with Crippen LogP contribution in [0.1, 0.15) is 39.1 Å². The Hall–Kier alpha value is -3.70. The maximum Gasteiger partial charge on any atom is 0.416 e. The van der Waals surface area contributed by atoms with Crippen LogP contribution in [0.25, 0.3) is 0 Å². The van der Waals surface area contributed by atoms with Crippen LogP contribution in [0.5, 0.6) is 0 Å². The molecule has 0 saturated heterocycles. The number of rotatable bonds is 7. The summed E-state index contributed by atoms with van der Waals surface area (Å²) in [4.78, 5) is 3.68. The van der Waals surface area contributed by atoms with Crippen molar-refractivity contribution in [1.29, 1.82) is 0 Å². The van der Waals surface area contributed by atoms with Crippen LogP contribution in [0.3, 0.4) is 0 Å². The van der Waals surface area contributed by atoms with Crippen LogP contribution >= 0.6 is 0 Å². The van der Waals surface area contributed by atoms with Crippen LogP contribution in [0, 0.1) is 13.8 Å². The molecule has 11 heteroatoms. The fraction of sp³-hybridized carbons (Fsp3) is 0.207. The highest BCUT2D eigenvalue weighted by Crippen LogP contribution is 2.39. The van der Waals surface area contributed by atoms with E-state index in [-0.39, 0.29) is 23.2 Å². The van der Waals surface area contributed by atoms with E-state index in [2.05, 4.69) is 9.71 Å². The van der Waals surface area contributed by atoms with E-state index in [1.807, 2.05) is 0 Å². The molecule has 4 nitrogen and oxygen atoms in total. The second-order valence-electron chi connectivity index (χ2n) is 9.45. The smallest absolute Gasteiger partial charge is 0.259 e. The molecular formula is C29H24F6N2O2S. The lowest BCUT2D eigenvalue weighted by atomic mass is 9.81. The lowest BCUT2D eigenvalue weighted by molar-refractivity contribution is -0.138. The van der Waals surface area contributed by atoms with Crippen molar-refractivity contribution in [2.45, 2.75) is 43.1 Å². The van der Waals surface area contributed by atoms with Gasteiger partial charge in [-0.05, 0) is 66.4 Å². The molecule has 0 aliphatic rings. The largest absolute Gasteiger partial charge is 0.416 e. The first-order valence-corrected chi connectivity index (χ1v) is 13.5. The summed E-state index contributed by atoms with van der Waals surface area (Å²) in [6.45, 7) is 2.93. The number of sulfonamides is 1. The highest BCUT2D eigenvalue weighted by Gasteiger charge is 2.43. The molecule has 0 amide bonds. The Balaban J connectivity index is 2.00. The van der Waals surface area contributed by atoms with Crippen molar-refractivity contribution in [3.8, 4) is 0 Å². The van der Waals surface area contributed by atoms with E-state index in [0.29, 0.717) is 17.2 Å². The minimum absolute atomic E-state index is 0.0630. The molecule has 0 aliphatic heterocycles. The molecular weight excluding hydrogens is 554 g/mol. The summed E-state index contributed by atoms with van der Waals surface area (Å²) in [6, 6.07) is 18.2. The Labute approximate surface area is 227 Å². The molecule has 0 radical (unpaired) electrons. The maximum atomic E-state index is 13.8. The molecule has 0 fully saturated rings. The van der Waals surface area contributed by atoms with E-state index >= 15 is 0 Å². The number of aromatic nitrogens is 1. The third-order valence-corrected chi connectivity index (χ3v) is 7.97. The van der Waals surface area contributed by atoms with Gasteiger partial charge in [-0.1, -0.05) is 54.6 Å². The van der Waals surface area contributed by atoms with Gasteiger partial charge in [-0.15, -0.1) is 0 Å². The Morgan fingerprint density at radius 2 is 1.43 bits per heavy atom. The minimum atomic E-state index is -4.82. The molecule has 40 heavy (non-hydrogen) atoms. The number of nitrogens with one attached hydrogen (secondary N) is 1. The molecule has 1 N–H and O–H groups in total. The summed E-state index contributed by atoms with van der Waals surface area (Å²) < 4.78 is 112. The molecule has 0 aliphatic carbocycles. The molecule has 0 spiro atoms. The van der Waals surface area contributed by atoms with Crippen molar-refractivity contribution in [1.82, 2.24) is 9.71 Å². The predicted molar refractivity (Wildman–Crippen MR) is 138 cm³/mol. The Kier molecular flexibility index (Phi) is 7.83. The quantitative estimate of drug-likeness (QED) is 0.236. The summed E-state index contributed by atoms with van der Waals surface area (Å²) in [5, 5.41) is 0. The summed E-state index contributed by atoms with van der Waals surface area (Å²) in [7, 11) is -4.76. The van der Waals surface area contributed by atoms with Gasteiger partial charge < -0.3 is 0 Å². The molecule has 210 valence electrons. The summed E-state index contributed by atoms with van der Waals surface area (Å²) in [5.41, 5.74) is -3.05. The molecule has 1 atom stereocenters. The zero-order chi connectivity index (χ0) is 29.3. The molecule has 4 rings (SSSR count).